The number of hydrogen-bond donors (Lipinski definition) is 1. The molecule has 14 heavy (non-hydrogen) atoms. The van der Waals surface area contributed by atoms with E-state index in [-0.39, 0.29) is 0 Å². The van der Waals surface area contributed by atoms with E-state index in [4.69, 9.17) is 4.74 Å². The van der Waals surface area contributed by atoms with E-state index in [1.165, 1.54) is 19.3 Å². The van der Waals surface area contributed by atoms with E-state index < -0.39 is 0 Å². The predicted octanol–water partition coefficient (Wildman–Crippen LogP) is 2.85. The molecule has 2 nitrogen and oxygen atoms in total. The number of ether oxygens (including phenoxy) is 1. The Balaban J connectivity index is 2.14. The molecule has 0 aliphatic carbocycles. The van der Waals surface area contributed by atoms with Crippen LogP contribution in [-0.2, 0) is 4.74 Å². The van der Waals surface area contributed by atoms with Crippen LogP contribution < -0.4 is 5.32 Å². The molecule has 0 aromatic rings. The molecular formula is C12H23NO. The van der Waals surface area contributed by atoms with Crippen LogP contribution in [0.3, 0.4) is 0 Å². The summed E-state index contributed by atoms with van der Waals surface area (Å²) >= 11 is 0. The Kier molecular flexibility index (Phi) is 5.69. The second-order valence-electron chi connectivity index (χ2n) is 4.01. The molecule has 0 aromatic heterocycles. The Labute approximate surface area is 87.7 Å². The molecule has 1 rings (SSSR count). The number of hydrogen-bond acceptors (Lipinski definition) is 2. The first-order valence-electron chi connectivity index (χ1n) is 5.90. The molecule has 0 saturated heterocycles. The number of nitrogens with one attached hydrogen (secondary N) is 1. The van der Waals surface area contributed by atoms with Gasteiger partial charge in [-0.1, -0.05) is 20.3 Å². The molecule has 0 spiro atoms. The molecule has 2 heteroatoms. The zero-order valence-corrected chi connectivity index (χ0v) is 9.46. The average Bonchev–Trinajstić information content (AvgIpc) is 2.25. The third kappa shape index (κ3) is 4.14. The summed E-state index contributed by atoms with van der Waals surface area (Å²) in [7, 11) is 0. The number of rotatable bonds is 6. The van der Waals surface area contributed by atoms with E-state index in [1.807, 2.05) is 6.26 Å². The molecule has 82 valence electrons. The standard InChI is InChI=1S/C12H23NO/c1-3-7-11(4-2)13-10-12-8-5-6-9-14-12/h6,9,11-13H,3-5,7-8,10H2,1-2H3. The van der Waals surface area contributed by atoms with Crippen LogP contribution in [0.5, 0.6) is 0 Å². The molecule has 0 amide bonds. The monoisotopic (exact) mass is 197 g/mol. The van der Waals surface area contributed by atoms with Crippen LogP contribution in [-0.4, -0.2) is 18.7 Å². The van der Waals surface area contributed by atoms with Gasteiger partial charge >= 0.3 is 0 Å². The molecule has 2 unspecified atom stereocenters. The molecule has 0 radical (unpaired) electrons. The second-order valence-corrected chi connectivity index (χ2v) is 4.01. The Morgan fingerprint density at radius 2 is 2.36 bits per heavy atom. The minimum atomic E-state index is 0.394. The van der Waals surface area contributed by atoms with E-state index in [1.54, 1.807) is 0 Å². The van der Waals surface area contributed by atoms with E-state index in [9.17, 15) is 0 Å². The zero-order chi connectivity index (χ0) is 10.2. The van der Waals surface area contributed by atoms with Gasteiger partial charge in [-0.05, 0) is 31.8 Å². The summed E-state index contributed by atoms with van der Waals surface area (Å²) in [5, 5.41) is 3.58. The third-order valence-corrected chi connectivity index (χ3v) is 2.79. The lowest BCUT2D eigenvalue weighted by atomic mass is 10.1. The zero-order valence-electron chi connectivity index (χ0n) is 9.46. The van der Waals surface area contributed by atoms with Gasteiger partial charge in [-0.2, -0.15) is 0 Å². The molecule has 0 aromatic carbocycles. The van der Waals surface area contributed by atoms with Gasteiger partial charge in [0.25, 0.3) is 0 Å². The van der Waals surface area contributed by atoms with Crippen LogP contribution in [0.1, 0.15) is 46.0 Å². The maximum absolute atomic E-state index is 5.51. The summed E-state index contributed by atoms with van der Waals surface area (Å²) in [4.78, 5) is 0. The average molecular weight is 197 g/mol. The number of allylic oxidation sites excluding steroid dienone is 1. The minimum absolute atomic E-state index is 0.394. The van der Waals surface area contributed by atoms with Crippen molar-refractivity contribution in [3.8, 4) is 0 Å². The molecule has 1 heterocycles. The maximum Gasteiger partial charge on any atom is 0.110 e. The molecule has 2 atom stereocenters. The Bertz CT molecular complexity index is 168. The van der Waals surface area contributed by atoms with Gasteiger partial charge in [-0.3, -0.25) is 0 Å². The van der Waals surface area contributed by atoms with Crippen molar-refractivity contribution in [3.05, 3.63) is 12.3 Å². The molecule has 1 aliphatic heterocycles. The highest BCUT2D eigenvalue weighted by atomic mass is 16.5. The first kappa shape index (κ1) is 11.6. The van der Waals surface area contributed by atoms with Crippen LogP contribution in [0.15, 0.2) is 12.3 Å². The van der Waals surface area contributed by atoms with Crippen LogP contribution in [0.2, 0.25) is 0 Å². The Morgan fingerprint density at radius 3 is 2.93 bits per heavy atom. The van der Waals surface area contributed by atoms with E-state index in [0.717, 1.165) is 19.4 Å². The largest absolute Gasteiger partial charge is 0.497 e. The summed E-state index contributed by atoms with van der Waals surface area (Å²) in [5.74, 6) is 0. The Morgan fingerprint density at radius 1 is 1.50 bits per heavy atom. The van der Waals surface area contributed by atoms with Crippen molar-refractivity contribution in [1.82, 2.24) is 5.32 Å². The smallest absolute Gasteiger partial charge is 0.110 e. The van der Waals surface area contributed by atoms with E-state index in [2.05, 4.69) is 25.2 Å². The minimum Gasteiger partial charge on any atom is -0.497 e. The normalized spacial score (nSPS) is 23.1. The van der Waals surface area contributed by atoms with Gasteiger partial charge in [-0.25, -0.2) is 0 Å². The molecule has 0 saturated carbocycles. The molecule has 0 bridgehead atoms. The van der Waals surface area contributed by atoms with Crippen molar-refractivity contribution < 1.29 is 4.74 Å². The van der Waals surface area contributed by atoms with Gasteiger partial charge in [0.05, 0.1) is 6.26 Å². The van der Waals surface area contributed by atoms with Gasteiger partial charge in [-0.15, -0.1) is 0 Å². The van der Waals surface area contributed by atoms with Gasteiger partial charge in [0, 0.05) is 12.6 Å². The summed E-state index contributed by atoms with van der Waals surface area (Å²) in [5.41, 5.74) is 0. The topological polar surface area (TPSA) is 21.3 Å². The fourth-order valence-electron chi connectivity index (χ4n) is 1.83. The lowest BCUT2D eigenvalue weighted by molar-refractivity contribution is 0.118. The van der Waals surface area contributed by atoms with Gasteiger partial charge in [0.15, 0.2) is 0 Å². The second kappa shape index (κ2) is 6.88. The van der Waals surface area contributed by atoms with Crippen molar-refractivity contribution in [2.24, 2.45) is 0 Å². The summed E-state index contributed by atoms with van der Waals surface area (Å²) in [6.07, 6.45) is 10.4. The first-order chi connectivity index (χ1) is 6.86. The Hall–Kier alpha value is -0.500. The van der Waals surface area contributed by atoms with Crippen LogP contribution >= 0.6 is 0 Å². The summed E-state index contributed by atoms with van der Waals surface area (Å²) in [6.45, 7) is 5.49. The fourth-order valence-corrected chi connectivity index (χ4v) is 1.83. The van der Waals surface area contributed by atoms with E-state index in [0.29, 0.717) is 12.1 Å². The molecule has 1 N–H and O–H groups in total. The van der Waals surface area contributed by atoms with Crippen molar-refractivity contribution in [3.63, 3.8) is 0 Å². The third-order valence-electron chi connectivity index (χ3n) is 2.79. The quantitative estimate of drug-likeness (QED) is 0.707. The van der Waals surface area contributed by atoms with E-state index >= 15 is 0 Å². The fraction of sp³-hybridized carbons (Fsp3) is 0.833. The highest BCUT2D eigenvalue weighted by Gasteiger charge is 2.12. The van der Waals surface area contributed by atoms with Crippen LogP contribution in [0, 0.1) is 0 Å². The van der Waals surface area contributed by atoms with Gasteiger partial charge in [0.2, 0.25) is 0 Å². The van der Waals surface area contributed by atoms with Gasteiger partial charge < -0.3 is 10.1 Å². The van der Waals surface area contributed by atoms with Gasteiger partial charge in [0.1, 0.15) is 6.10 Å². The summed E-state index contributed by atoms with van der Waals surface area (Å²) < 4.78 is 5.51. The maximum atomic E-state index is 5.51. The SMILES string of the molecule is CCCC(CC)NCC1CCC=CO1. The molecule has 1 aliphatic rings. The first-order valence-corrected chi connectivity index (χ1v) is 5.90. The van der Waals surface area contributed by atoms with Crippen LogP contribution in [0.25, 0.3) is 0 Å². The lowest BCUT2D eigenvalue weighted by Crippen LogP contribution is -2.36. The summed E-state index contributed by atoms with van der Waals surface area (Å²) in [6, 6.07) is 0.675. The predicted molar refractivity (Wildman–Crippen MR) is 60.2 cm³/mol. The van der Waals surface area contributed by atoms with Crippen molar-refractivity contribution >= 4 is 0 Å². The molecular weight excluding hydrogens is 174 g/mol. The van der Waals surface area contributed by atoms with Crippen molar-refractivity contribution in [1.29, 1.82) is 0 Å². The highest BCUT2D eigenvalue weighted by molar-refractivity contribution is 4.83. The highest BCUT2D eigenvalue weighted by Crippen LogP contribution is 2.10. The van der Waals surface area contributed by atoms with Crippen molar-refractivity contribution in [2.75, 3.05) is 6.54 Å². The lowest BCUT2D eigenvalue weighted by Gasteiger charge is -2.23. The van der Waals surface area contributed by atoms with Crippen molar-refractivity contribution in [2.45, 2.75) is 58.1 Å². The molecule has 0 fully saturated rings. The van der Waals surface area contributed by atoms with Crippen LogP contribution in [0.4, 0.5) is 0 Å².